The van der Waals surface area contributed by atoms with Crippen molar-refractivity contribution in [2.24, 2.45) is 0 Å². The zero-order valence-electron chi connectivity index (χ0n) is 6.81. The Labute approximate surface area is 74.2 Å². The van der Waals surface area contributed by atoms with E-state index < -0.39 is 5.97 Å². The van der Waals surface area contributed by atoms with Crippen LogP contribution >= 0.6 is 0 Å². The van der Waals surface area contributed by atoms with Crippen LogP contribution in [-0.2, 0) is 0 Å². The second kappa shape index (κ2) is 3.54. The quantitative estimate of drug-likeness (QED) is 0.719. The maximum absolute atomic E-state index is 10.6. The summed E-state index contributed by atoms with van der Waals surface area (Å²) in [6, 6.07) is 4.39. The molecule has 1 aromatic heterocycles. The van der Waals surface area contributed by atoms with E-state index in [9.17, 15) is 4.79 Å². The van der Waals surface area contributed by atoms with Gasteiger partial charge in [0.15, 0.2) is 0 Å². The van der Waals surface area contributed by atoms with Crippen LogP contribution in [0.3, 0.4) is 0 Å². The van der Waals surface area contributed by atoms with Crippen LogP contribution < -0.4 is 4.74 Å². The van der Waals surface area contributed by atoms with Crippen molar-refractivity contribution in [3.8, 4) is 11.9 Å². The molecule has 1 N–H and O–H groups in total. The number of methoxy groups -OCH3 is 1. The van der Waals surface area contributed by atoms with E-state index in [1.54, 1.807) is 6.07 Å². The molecule has 0 unspecified atom stereocenters. The van der Waals surface area contributed by atoms with Crippen LogP contribution in [0.2, 0.25) is 0 Å². The Hall–Kier alpha value is -2.09. The van der Waals surface area contributed by atoms with Crippen molar-refractivity contribution in [3.63, 3.8) is 0 Å². The molecule has 0 aliphatic heterocycles. The third-order valence-electron chi connectivity index (χ3n) is 1.40. The number of ether oxygens (including phenoxy) is 1. The second-order valence-electron chi connectivity index (χ2n) is 2.17. The molecule has 0 bridgehead atoms. The van der Waals surface area contributed by atoms with Gasteiger partial charge in [0, 0.05) is 0 Å². The van der Waals surface area contributed by atoms with Gasteiger partial charge in [0.05, 0.1) is 7.11 Å². The number of aromatic carboxylic acids is 1. The van der Waals surface area contributed by atoms with E-state index in [0.29, 0.717) is 0 Å². The molecule has 1 aromatic rings. The molecule has 0 radical (unpaired) electrons. The second-order valence-corrected chi connectivity index (χ2v) is 2.17. The molecule has 0 saturated heterocycles. The van der Waals surface area contributed by atoms with E-state index >= 15 is 0 Å². The normalized spacial score (nSPS) is 8.92. The lowest BCUT2D eigenvalue weighted by Gasteiger charge is -2.02. The first-order chi connectivity index (χ1) is 6.19. The minimum Gasteiger partial charge on any atom is -0.480 e. The molecule has 0 atom stereocenters. The maximum atomic E-state index is 10.6. The van der Waals surface area contributed by atoms with Crippen molar-refractivity contribution in [2.75, 3.05) is 7.11 Å². The van der Waals surface area contributed by atoms with Gasteiger partial charge >= 0.3 is 5.97 Å². The summed E-state index contributed by atoms with van der Waals surface area (Å²) in [4.78, 5) is 14.2. The van der Waals surface area contributed by atoms with Crippen LogP contribution in [0.5, 0.6) is 5.88 Å². The Balaban J connectivity index is 3.25. The molecule has 1 rings (SSSR count). The molecule has 5 heteroatoms. The maximum Gasteiger partial charge on any atom is 0.341 e. The van der Waals surface area contributed by atoms with Gasteiger partial charge in [-0.25, -0.2) is 9.78 Å². The molecule has 1 heterocycles. The molecular formula is C8H6N2O3. The van der Waals surface area contributed by atoms with Gasteiger partial charge in [-0.2, -0.15) is 5.26 Å². The number of carboxylic acids is 1. The molecule has 66 valence electrons. The van der Waals surface area contributed by atoms with Crippen molar-refractivity contribution in [1.29, 1.82) is 5.26 Å². The van der Waals surface area contributed by atoms with Gasteiger partial charge in [-0.15, -0.1) is 0 Å². The topological polar surface area (TPSA) is 83.2 Å². The third kappa shape index (κ3) is 1.73. The smallest absolute Gasteiger partial charge is 0.341 e. The summed E-state index contributed by atoms with van der Waals surface area (Å²) >= 11 is 0. The molecule has 0 spiro atoms. The van der Waals surface area contributed by atoms with Crippen LogP contribution in [0.1, 0.15) is 16.1 Å². The van der Waals surface area contributed by atoms with Crippen LogP contribution in [0, 0.1) is 11.3 Å². The van der Waals surface area contributed by atoms with Crippen molar-refractivity contribution in [2.45, 2.75) is 0 Å². The first-order valence-electron chi connectivity index (χ1n) is 3.37. The minimum absolute atomic E-state index is 0.0495. The number of carboxylic acid groups (broad SMARTS) is 1. The Morgan fingerprint density at radius 1 is 1.69 bits per heavy atom. The Bertz CT molecular complexity index is 381. The van der Waals surface area contributed by atoms with Crippen molar-refractivity contribution >= 4 is 5.97 Å². The van der Waals surface area contributed by atoms with E-state index in [0.717, 1.165) is 0 Å². The number of aromatic nitrogens is 1. The highest BCUT2D eigenvalue weighted by atomic mass is 16.5. The highest BCUT2D eigenvalue weighted by molar-refractivity contribution is 5.90. The van der Waals surface area contributed by atoms with Gasteiger partial charge in [-0.1, -0.05) is 0 Å². The molecule has 0 aliphatic rings. The summed E-state index contributed by atoms with van der Waals surface area (Å²) in [5.41, 5.74) is 0.0725. The average molecular weight is 178 g/mol. The minimum atomic E-state index is -1.13. The third-order valence-corrected chi connectivity index (χ3v) is 1.40. The van der Waals surface area contributed by atoms with Crippen LogP contribution in [0.4, 0.5) is 0 Å². The fourth-order valence-corrected chi connectivity index (χ4v) is 0.821. The largest absolute Gasteiger partial charge is 0.480 e. The van der Waals surface area contributed by atoms with E-state index in [-0.39, 0.29) is 17.1 Å². The molecule has 0 aromatic carbocycles. The Kier molecular flexibility index (Phi) is 2.45. The van der Waals surface area contributed by atoms with Gasteiger partial charge in [0.2, 0.25) is 5.88 Å². The van der Waals surface area contributed by atoms with Crippen molar-refractivity contribution in [3.05, 3.63) is 23.4 Å². The van der Waals surface area contributed by atoms with E-state index in [1.165, 1.54) is 19.2 Å². The highest BCUT2D eigenvalue weighted by Crippen LogP contribution is 2.14. The zero-order chi connectivity index (χ0) is 9.84. The summed E-state index contributed by atoms with van der Waals surface area (Å²) in [6.07, 6.45) is 0. The monoisotopic (exact) mass is 178 g/mol. The average Bonchev–Trinajstić information content (AvgIpc) is 2.16. The first-order valence-corrected chi connectivity index (χ1v) is 3.37. The molecule has 5 nitrogen and oxygen atoms in total. The summed E-state index contributed by atoms with van der Waals surface area (Å²) in [5.74, 6) is -1.18. The first kappa shape index (κ1) is 9.00. The Morgan fingerprint density at radius 2 is 2.38 bits per heavy atom. The fourth-order valence-electron chi connectivity index (χ4n) is 0.821. The molecule has 0 amide bonds. The Morgan fingerprint density at radius 3 is 2.85 bits per heavy atom. The summed E-state index contributed by atoms with van der Waals surface area (Å²) in [5, 5.41) is 17.1. The van der Waals surface area contributed by atoms with Gasteiger partial charge in [-0.05, 0) is 12.1 Å². The zero-order valence-corrected chi connectivity index (χ0v) is 6.81. The number of pyridine rings is 1. The fraction of sp³-hybridized carbons (Fsp3) is 0.125. The molecule has 0 aliphatic carbocycles. The number of hydrogen-bond donors (Lipinski definition) is 1. The van der Waals surface area contributed by atoms with Crippen LogP contribution in [0.25, 0.3) is 0 Å². The standard InChI is InChI=1S/C8H6N2O3/c1-13-7-6(8(11)12)3-2-5(4-9)10-7/h2-3H,1H3,(H,11,12). The SMILES string of the molecule is COc1nc(C#N)ccc1C(=O)O. The lowest BCUT2D eigenvalue weighted by atomic mass is 10.2. The predicted molar refractivity (Wildman–Crippen MR) is 42.5 cm³/mol. The number of carbonyl (C=O) groups is 1. The molecule has 13 heavy (non-hydrogen) atoms. The van der Waals surface area contributed by atoms with Gasteiger partial charge in [0.25, 0.3) is 0 Å². The van der Waals surface area contributed by atoms with Crippen molar-refractivity contribution in [1.82, 2.24) is 4.98 Å². The lowest BCUT2D eigenvalue weighted by molar-refractivity contribution is 0.0692. The molecule has 0 fully saturated rings. The van der Waals surface area contributed by atoms with Gasteiger partial charge in [0.1, 0.15) is 17.3 Å². The van der Waals surface area contributed by atoms with Crippen molar-refractivity contribution < 1.29 is 14.6 Å². The molecule has 0 saturated carbocycles. The van der Waals surface area contributed by atoms with Gasteiger partial charge < -0.3 is 9.84 Å². The highest BCUT2D eigenvalue weighted by Gasteiger charge is 2.12. The summed E-state index contributed by atoms with van der Waals surface area (Å²) in [7, 11) is 1.30. The van der Waals surface area contributed by atoms with E-state index in [4.69, 9.17) is 15.1 Å². The summed E-state index contributed by atoms with van der Waals surface area (Å²) in [6.45, 7) is 0. The number of nitriles is 1. The molecular weight excluding hydrogens is 172 g/mol. The predicted octanol–water partition coefficient (Wildman–Crippen LogP) is 0.660. The number of hydrogen-bond acceptors (Lipinski definition) is 4. The van der Waals surface area contributed by atoms with E-state index in [2.05, 4.69) is 4.98 Å². The number of nitrogens with zero attached hydrogens (tertiary/aromatic N) is 2. The van der Waals surface area contributed by atoms with E-state index in [1.807, 2.05) is 0 Å². The van der Waals surface area contributed by atoms with Gasteiger partial charge in [-0.3, -0.25) is 0 Å². The van der Waals surface area contributed by atoms with Crippen LogP contribution in [0.15, 0.2) is 12.1 Å². The lowest BCUT2D eigenvalue weighted by Crippen LogP contribution is -2.03. The summed E-state index contributed by atoms with van der Waals surface area (Å²) < 4.78 is 4.71. The van der Waals surface area contributed by atoms with Crippen LogP contribution in [-0.4, -0.2) is 23.2 Å². The number of rotatable bonds is 2.